The highest BCUT2D eigenvalue weighted by molar-refractivity contribution is 7.89. The van der Waals surface area contributed by atoms with Crippen molar-refractivity contribution < 1.29 is 22.8 Å². The van der Waals surface area contributed by atoms with Gasteiger partial charge in [-0.2, -0.15) is 0 Å². The molecule has 0 saturated heterocycles. The Hall–Kier alpha value is -3.82. The van der Waals surface area contributed by atoms with Crippen molar-refractivity contribution in [2.45, 2.75) is 18.0 Å². The molecule has 0 unspecified atom stereocenters. The zero-order valence-electron chi connectivity index (χ0n) is 18.7. The van der Waals surface area contributed by atoms with Crippen molar-refractivity contribution in [2.24, 2.45) is 0 Å². The summed E-state index contributed by atoms with van der Waals surface area (Å²) in [5.41, 5.74) is 2.16. The predicted octanol–water partition coefficient (Wildman–Crippen LogP) is 2.66. The lowest BCUT2D eigenvalue weighted by atomic mass is 10.1. The van der Waals surface area contributed by atoms with Gasteiger partial charge in [0.1, 0.15) is 0 Å². The van der Waals surface area contributed by atoms with E-state index in [4.69, 9.17) is 0 Å². The van der Waals surface area contributed by atoms with E-state index in [0.717, 1.165) is 9.21 Å². The average Bonchev–Trinajstić information content (AvgIpc) is 3.07. The third-order valence-electron chi connectivity index (χ3n) is 5.58. The van der Waals surface area contributed by atoms with Crippen LogP contribution in [0, 0.1) is 0 Å². The van der Waals surface area contributed by atoms with Gasteiger partial charge in [-0.05, 0) is 41.5 Å². The number of carbonyl (C=O) groups is 3. The van der Waals surface area contributed by atoms with E-state index in [2.05, 4.69) is 5.32 Å². The summed E-state index contributed by atoms with van der Waals surface area (Å²) in [4.78, 5) is 39.3. The quantitative estimate of drug-likeness (QED) is 0.527. The highest BCUT2D eigenvalue weighted by Gasteiger charge is 2.35. The highest BCUT2D eigenvalue weighted by atomic mass is 32.2. The summed E-state index contributed by atoms with van der Waals surface area (Å²) in [5.74, 6) is -1.13. The molecule has 9 heteroatoms. The zero-order valence-corrected chi connectivity index (χ0v) is 19.5. The van der Waals surface area contributed by atoms with E-state index in [1.165, 1.54) is 20.2 Å². The largest absolute Gasteiger partial charge is 0.348 e. The molecule has 3 amide bonds. The normalized spacial score (nSPS) is 13.3. The second kappa shape index (κ2) is 9.20. The van der Waals surface area contributed by atoms with Crippen LogP contribution in [-0.2, 0) is 23.1 Å². The van der Waals surface area contributed by atoms with Crippen molar-refractivity contribution >= 4 is 27.7 Å². The number of hydrogen-bond acceptors (Lipinski definition) is 5. The maximum Gasteiger partial charge on any atom is 0.261 e. The first-order valence-corrected chi connectivity index (χ1v) is 12.0. The van der Waals surface area contributed by atoms with Crippen LogP contribution in [-0.4, -0.2) is 49.4 Å². The average molecular weight is 478 g/mol. The van der Waals surface area contributed by atoms with Gasteiger partial charge in [-0.3, -0.25) is 19.3 Å². The Morgan fingerprint density at radius 1 is 0.882 bits per heavy atom. The van der Waals surface area contributed by atoms with Crippen LogP contribution < -0.4 is 5.32 Å². The summed E-state index contributed by atoms with van der Waals surface area (Å²) in [6.45, 7) is 0.0576. The predicted molar refractivity (Wildman–Crippen MR) is 126 cm³/mol. The molecule has 0 atom stereocenters. The zero-order chi connectivity index (χ0) is 24.5. The molecule has 4 rings (SSSR count). The molecule has 0 radical (unpaired) electrons. The van der Waals surface area contributed by atoms with Crippen molar-refractivity contribution in [2.75, 3.05) is 14.1 Å². The van der Waals surface area contributed by atoms with E-state index in [9.17, 15) is 22.8 Å². The fourth-order valence-electron chi connectivity index (χ4n) is 3.75. The first-order valence-electron chi connectivity index (χ1n) is 10.5. The highest BCUT2D eigenvalue weighted by Crippen LogP contribution is 2.24. The van der Waals surface area contributed by atoms with Crippen LogP contribution in [0.2, 0.25) is 0 Å². The lowest BCUT2D eigenvalue weighted by Crippen LogP contribution is -2.29. The van der Waals surface area contributed by atoms with Gasteiger partial charge in [-0.15, -0.1) is 0 Å². The van der Waals surface area contributed by atoms with Crippen molar-refractivity contribution in [1.82, 2.24) is 14.5 Å². The van der Waals surface area contributed by atoms with Crippen molar-refractivity contribution in [3.8, 4) is 0 Å². The summed E-state index contributed by atoms with van der Waals surface area (Å²) in [6.07, 6.45) is 0. The number of nitrogens with one attached hydrogen (secondary N) is 1. The van der Waals surface area contributed by atoms with Gasteiger partial charge >= 0.3 is 0 Å². The molecule has 174 valence electrons. The Bertz CT molecular complexity index is 1360. The van der Waals surface area contributed by atoms with Crippen LogP contribution in [0.4, 0.5) is 0 Å². The summed E-state index contributed by atoms with van der Waals surface area (Å²) < 4.78 is 26.3. The maximum absolute atomic E-state index is 12.8. The van der Waals surface area contributed by atoms with Gasteiger partial charge in [0.25, 0.3) is 17.7 Å². The lowest BCUT2D eigenvalue weighted by molar-refractivity contribution is 0.0642. The van der Waals surface area contributed by atoms with Gasteiger partial charge in [0.15, 0.2) is 0 Å². The van der Waals surface area contributed by atoms with Crippen LogP contribution in [0.15, 0.2) is 77.7 Å². The molecule has 1 aliphatic rings. The van der Waals surface area contributed by atoms with Crippen molar-refractivity contribution in [3.05, 3.63) is 101 Å². The van der Waals surface area contributed by atoms with E-state index >= 15 is 0 Å². The van der Waals surface area contributed by atoms with Crippen LogP contribution >= 0.6 is 0 Å². The molecule has 0 bridgehead atoms. The number of carbonyl (C=O) groups excluding carboxylic acids is 3. The van der Waals surface area contributed by atoms with Gasteiger partial charge in [0.2, 0.25) is 10.0 Å². The van der Waals surface area contributed by atoms with E-state index in [1.54, 1.807) is 66.7 Å². The van der Waals surface area contributed by atoms with Gasteiger partial charge in [0.05, 0.1) is 22.6 Å². The molecule has 0 aromatic heterocycles. The Morgan fingerprint density at radius 3 is 2.15 bits per heavy atom. The number of sulfonamides is 1. The van der Waals surface area contributed by atoms with E-state index < -0.39 is 15.9 Å². The van der Waals surface area contributed by atoms with E-state index in [-0.39, 0.29) is 29.8 Å². The Kier molecular flexibility index (Phi) is 6.32. The second-order valence-corrected chi connectivity index (χ2v) is 10.1. The molecule has 1 aliphatic heterocycles. The summed E-state index contributed by atoms with van der Waals surface area (Å²) in [5, 5.41) is 2.75. The maximum atomic E-state index is 12.8. The number of rotatable bonds is 7. The van der Waals surface area contributed by atoms with Gasteiger partial charge in [-0.1, -0.05) is 42.5 Å². The third-order valence-corrected chi connectivity index (χ3v) is 7.49. The SMILES string of the molecule is CN(C)S(=O)(=O)c1ccccc1CNC(=O)c1cccc(CN2C(=O)c3ccccc3C2=O)c1. The van der Waals surface area contributed by atoms with Crippen LogP contribution in [0.1, 0.15) is 42.2 Å². The van der Waals surface area contributed by atoms with Crippen LogP contribution in [0.5, 0.6) is 0 Å². The summed E-state index contributed by atoms with van der Waals surface area (Å²) >= 11 is 0. The minimum absolute atomic E-state index is 0.0186. The number of amides is 3. The number of benzene rings is 3. The summed E-state index contributed by atoms with van der Waals surface area (Å²) in [7, 11) is -0.763. The molecule has 34 heavy (non-hydrogen) atoms. The number of imide groups is 1. The monoisotopic (exact) mass is 477 g/mol. The topological polar surface area (TPSA) is 104 Å². The fraction of sp³-hybridized carbons (Fsp3) is 0.160. The molecular weight excluding hydrogens is 454 g/mol. The van der Waals surface area contributed by atoms with Crippen molar-refractivity contribution in [3.63, 3.8) is 0 Å². The molecule has 1 heterocycles. The lowest BCUT2D eigenvalue weighted by Gasteiger charge is -2.16. The first kappa shape index (κ1) is 23.3. The second-order valence-electron chi connectivity index (χ2n) is 8.02. The Labute approximate surface area is 197 Å². The van der Waals surface area contributed by atoms with E-state index in [0.29, 0.717) is 27.8 Å². The summed E-state index contributed by atoms with van der Waals surface area (Å²) in [6, 6.07) is 19.8. The molecule has 0 spiro atoms. The minimum atomic E-state index is -3.66. The van der Waals surface area contributed by atoms with Crippen molar-refractivity contribution in [1.29, 1.82) is 0 Å². The molecule has 3 aromatic rings. The van der Waals surface area contributed by atoms with E-state index in [1.807, 2.05) is 0 Å². The molecule has 8 nitrogen and oxygen atoms in total. The van der Waals surface area contributed by atoms with Gasteiger partial charge in [0, 0.05) is 26.2 Å². The number of hydrogen-bond donors (Lipinski definition) is 1. The molecular formula is C25H23N3O5S. The number of fused-ring (bicyclic) bond motifs is 1. The van der Waals surface area contributed by atoms with Gasteiger partial charge < -0.3 is 5.32 Å². The first-order chi connectivity index (χ1) is 16.2. The minimum Gasteiger partial charge on any atom is -0.348 e. The van der Waals surface area contributed by atoms with Gasteiger partial charge in [-0.25, -0.2) is 12.7 Å². The molecule has 3 aromatic carbocycles. The number of nitrogens with zero attached hydrogens (tertiary/aromatic N) is 2. The standard InChI is InChI=1S/C25H23N3O5S/c1-27(2)34(32,33)22-13-6-3-9-19(22)15-26-23(29)18-10-7-8-17(14-18)16-28-24(30)20-11-4-5-12-21(20)25(28)31/h3-14H,15-16H2,1-2H3,(H,26,29). The molecule has 0 saturated carbocycles. The van der Waals surface area contributed by atoms with Crippen LogP contribution in [0.3, 0.4) is 0 Å². The Morgan fingerprint density at radius 2 is 1.50 bits per heavy atom. The Balaban J connectivity index is 1.48. The molecule has 1 N–H and O–H groups in total. The fourth-order valence-corrected chi connectivity index (χ4v) is 4.87. The smallest absolute Gasteiger partial charge is 0.261 e. The third kappa shape index (κ3) is 4.35. The van der Waals surface area contributed by atoms with Crippen LogP contribution in [0.25, 0.3) is 0 Å². The molecule has 0 aliphatic carbocycles. The molecule has 0 fully saturated rings.